The lowest BCUT2D eigenvalue weighted by Crippen LogP contribution is -2.46. The average Bonchev–Trinajstić information content (AvgIpc) is 2.87. The summed E-state index contributed by atoms with van der Waals surface area (Å²) in [6.07, 6.45) is 1.91. The summed E-state index contributed by atoms with van der Waals surface area (Å²) in [5, 5.41) is 3.11. The van der Waals surface area contributed by atoms with Crippen molar-refractivity contribution in [2.45, 2.75) is 18.8 Å². The van der Waals surface area contributed by atoms with Crippen LogP contribution in [0.3, 0.4) is 0 Å². The molecule has 0 radical (unpaired) electrons. The first kappa shape index (κ1) is 15.8. The summed E-state index contributed by atoms with van der Waals surface area (Å²) in [6.45, 7) is 1.05. The fraction of sp³-hybridized carbons (Fsp3) is 0.438. The first-order valence-corrected chi connectivity index (χ1v) is 8.04. The van der Waals surface area contributed by atoms with Crippen LogP contribution in [0.25, 0.3) is 0 Å². The summed E-state index contributed by atoms with van der Waals surface area (Å²) < 4.78 is 0. The minimum atomic E-state index is -0.491. The highest BCUT2D eigenvalue weighted by atomic mass is 35.5. The van der Waals surface area contributed by atoms with Crippen LogP contribution in [-0.4, -0.2) is 53.8 Å². The molecule has 23 heavy (non-hydrogen) atoms. The van der Waals surface area contributed by atoms with Gasteiger partial charge in [0.25, 0.3) is 5.91 Å². The molecule has 2 saturated heterocycles. The molecule has 0 bridgehead atoms. The molecule has 1 aromatic rings. The highest BCUT2D eigenvalue weighted by molar-refractivity contribution is 6.30. The molecule has 2 aliphatic rings. The molecule has 0 saturated carbocycles. The van der Waals surface area contributed by atoms with Crippen molar-refractivity contribution in [3.05, 3.63) is 34.9 Å². The number of benzene rings is 1. The summed E-state index contributed by atoms with van der Waals surface area (Å²) in [7, 11) is 0. The van der Waals surface area contributed by atoms with Crippen LogP contribution in [0.4, 0.5) is 4.79 Å². The highest BCUT2D eigenvalue weighted by Crippen LogP contribution is 2.28. The van der Waals surface area contributed by atoms with Crippen LogP contribution in [0, 0.1) is 0 Å². The van der Waals surface area contributed by atoms with Crippen molar-refractivity contribution in [1.29, 1.82) is 0 Å². The third kappa shape index (κ3) is 3.47. The molecule has 4 amide bonds. The Bertz CT molecular complexity index is 616. The number of piperidine rings is 1. The van der Waals surface area contributed by atoms with Gasteiger partial charge in [-0.3, -0.25) is 14.5 Å². The summed E-state index contributed by atoms with van der Waals surface area (Å²) in [6, 6.07) is 7.18. The van der Waals surface area contributed by atoms with Crippen LogP contribution in [-0.2, 0) is 9.59 Å². The van der Waals surface area contributed by atoms with Crippen LogP contribution in [0.5, 0.6) is 0 Å². The van der Waals surface area contributed by atoms with Crippen molar-refractivity contribution >= 4 is 29.4 Å². The molecule has 1 N–H and O–H groups in total. The summed E-state index contributed by atoms with van der Waals surface area (Å²) >= 11 is 5.91. The zero-order valence-corrected chi connectivity index (χ0v) is 13.4. The summed E-state index contributed by atoms with van der Waals surface area (Å²) in [5.41, 5.74) is 1.15. The zero-order chi connectivity index (χ0) is 16.4. The van der Waals surface area contributed by atoms with Gasteiger partial charge in [0, 0.05) is 24.0 Å². The predicted octanol–water partition coefficient (Wildman–Crippen LogP) is 1.60. The van der Waals surface area contributed by atoms with E-state index in [4.69, 9.17) is 11.6 Å². The van der Waals surface area contributed by atoms with Gasteiger partial charge in [0.05, 0.1) is 6.54 Å². The van der Waals surface area contributed by atoms with Gasteiger partial charge in [-0.15, -0.1) is 0 Å². The van der Waals surface area contributed by atoms with E-state index in [1.165, 1.54) is 0 Å². The van der Waals surface area contributed by atoms with Crippen molar-refractivity contribution in [2.24, 2.45) is 0 Å². The maximum atomic E-state index is 12.4. The number of nitrogens with zero attached hydrogens (tertiary/aromatic N) is 2. The Balaban J connectivity index is 1.63. The first-order chi connectivity index (χ1) is 11.0. The number of likely N-dealkylation sites (tertiary alicyclic amines) is 1. The van der Waals surface area contributed by atoms with E-state index >= 15 is 0 Å². The lowest BCUT2D eigenvalue weighted by Gasteiger charge is -2.33. The summed E-state index contributed by atoms with van der Waals surface area (Å²) in [5.74, 6) is -0.281. The van der Waals surface area contributed by atoms with Gasteiger partial charge in [-0.25, -0.2) is 4.79 Å². The minimum absolute atomic E-state index is 0.0283. The van der Waals surface area contributed by atoms with E-state index < -0.39 is 6.03 Å². The second-order valence-electron chi connectivity index (χ2n) is 5.87. The van der Waals surface area contributed by atoms with E-state index in [2.05, 4.69) is 5.32 Å². The molecule has 6 nitrogen and oxygen atoms in total. The third-order valence-corrected chi connectivity index (χ3v) is 4.60. The minimum Gasteiger partial charge on any atom is -0.341 e. The number of imide groups is 1. The molecule has 1 aromatic carbocycles. The Labute approximate surface area is 139 Å². The molecule has 0 unspecified atom stereocenters. The Morgan fingerprint density at radius 1 is 1.26 bits per heavy atom. The maximum Gasteiger partial charge on any atom is 0.325 e. The second kappa shape index (κ2) is 6.58. The molecule has 0 aliphatic carbocycles. The molecule has 1 atom stereocenters. The Kier molecular flexibility index (Phi) is 4.52. The molecule has 2 fully saturated rings. The number of hydrogen-bond donors (Lipinski definition) is 1. The van der Waals surface area contributed by atoms with Crippen molar-refractivity contribution in [1.82, 2.24) is 15.1 Å². The van der Waals surface area contributed by atoms with Crippen molar-refractivity contribution in [3.63, 3.8) is 0 Å². The number of urea groups is 1. The van der Waals surface area contributed by atoms with Gasteiger partial charge in [-0.2, -0.15) is 0 Å². The molecule has 0 aromatic heterocycles. The number of halogens is 1. The van der Waals surface area contributed by atoms with Gasteiger partial charge < -0.3 is 10.2 Å². The van der Waals surface area contributed by atoms with Gasteiger partial charge in [0.2, 0.25) is 5.91 Å². The van der Waals surface area contributed by atoms with Crippen molar-refractivity contribution < 1.29 is 14.4 Å². The topological polar surface area (TPSA) is 69.7 Å². The lowest BCUT2D eigenvalue weighted by atomic mass is 9.90. The van der Waals surface area contributed by atoms with E-state index in [9.17, 15) is 14.4 Å². The third-order valence-electron chi connectivity index (χ3n) is 4.35. The molecule has 3 rings (SSSR count). The van der Waals surface area contributed by atoms with E-state index in [1.54, 1.807) is 4.90 Å². The molecule has 2 heterocycles. The van der Waals surface area contributed by atoms with E-state index in [1.807, 2.05) is 24.3 Å². The number of carbonyl (C=O) groups excluding carboxylic acids is 3. The normalized spacial score (nSPS) is 21.5. The number of hydrogen-bond acceptors (Lipinski definition) is 3. The predicted molar refractivity (Wildman–Crippen MR) is 85.1 cm³/mol. The van der Waals surface area contributed by atoms with Gasteiger partial charge in [0.1, 0.15) is 6.54 Å². The molecule has 2 aliphatic heterocycles. The van der Waals surface area contributed by atoms with Crippen LogP contribution in [0.1, 0.15) is 24.3 Å². The molecule has 0 spiro atoms. The maximum absolute atomic E-state index is 12.4. The van der Waals surface area contributed by atoms with Gasteiger partial charge >= 0.3 is 6.03 Å². The Morgan fingerprint density at radius 3 is 2.65 bits per heavy atom. The second-order valence-corrected chi connectivity index (χ2v) is 6.31. The average molecular weight is 336 g/mol. The molecule has 7 heteroatoms. The van der Waals surface area contributed by atoms with Crippen LogP contribution < -0.4 is 5.32 Å². The van der Waals surface area contributed by atoms with Gasteiger partial charge in [0.15, 0.2) is 0 Å². The lowest BCUT2D eigenvalue weighted by molar-refractivity contribution is -0.137. The van der Waals surface area contributed by atoms with E-state index in [0.717, 1.165) is 23.3 Å². The first-order valence-electron chi connectivity index (χ1n) is 7.66. The smallest absolute Gasteiger partial charge is 0.325 e. The Morgan fingerprint density at radius 2 is 2.00 bits per heavy atom. The quantitative estimate of drug-likeness (QED) is 0.853. The fourth-order valence-electron chi connectivity index (χ4n) is 3.06. The van der Waals surface area contributed by atoms with Gasteiger partial charge in [-0.1, -0.05) is 23.7 Å². The highest BCUT2D eigenvalue weighted by Gasteiger charge is 2.33. The fourth-order valence-corrected chi connectivity index (χ4v) is 3.19. The van der Waals surface area contributed by atoms with Crippen molar-refractivity contribution in [2.75, 3.05) is 26.2 Å². The van der Waals surface area contributed by atoms with Gasteiger partial charge in [-0.05, 0) is 30.5 Å². The number of nitrogens with one attached hydrogen (secondary N) is 1. The molecular formula is C16H18ClN3O3. The van der Waals surface area contributed by atoms with Crippen LogP contribution >= 0.6 is 11.6 Å². The monoisotopic (exact) mass is 335 g/mol. The van der Waals surface area contributed by atoms with E-state index in [0.29, 0.717) is 18.1 Å². The number of carbonyl (C=O) groups is 3. The standard InChI is InChI=1S/C16H18ClN3O3/c17-13-5-3-11(4-6-13)12-2-1-7-19(9-12)15(22)10-20-14(21)8-18-16(20)23/h3-6,12H,1-2,7-10H2,(H,18,23)/t12-/m1/s1. The largest absolute Gasteiger partial charge is 0.341 e. The Hall–Kier alpha value is -2.08. The molecule has 122 valence electrons. The molecular weight excluding hydrogens is 318 g/mol. The zero-order valence-electron chi connectivity index (χ0n) is 12.6. The van der Waals surface area contributed by atoms with Crippen molar-refractivity contribution in [3.8, 4) is 0 Å². The van der Waals surface area contributed by atoms with Crippen LogP contribution in [0.15, 0.2) is 24.3 Å². The van der Waals surface area contributed by atoms with Crippen LogP contribution in [0.2, 0.25) is 5.02 Å². The summed E-state index contributed by atoms with van der Waals surface area (Å²) in [4.78, 5) is 38.2. The number of rotatable bonds is 3. The SMILES string of the molecule is O=C(CN1C(=O)CNC1=O)N1CCC[C@@H](c2ccc(Cl)cc2)C1. The number of amides is 4. The van der Waals surface area contributed by atoms with E-state index in [-0.39, 0.29) is 30.8 Å².